The van der Waals surface area contributed by atoms with Gasteiger partial charge in [0.05, 0.1) is 13.1 Å². The molecule has 1 aromatic rings. The van der Waals surface area contributed by atoms with E-state index in [0.29, 0.717) is 17.5 Å². The number of hydrogen-bond donors (Lipinski definition) is 3. The van der Waals surface area contributed by atoms with Crippen molar-refractivity contribution in [3.05, 3.63) is 35.4 Å². The fourth-order valence-electron chi connectivity index (χ4n) is 2.15. The fraction of sp³-hybridized carbons (Fsp3) is 0.333. The van der Waals surface area contributed by atoms with Gasteiger partial charge in [-0.05, 0) is 24.1 Å². The first-order valence-corrected chi connectivity index (χ1v) is 7.14. The van der Waals surface area contributed by atoms with Crippen LogP contribution in [0.5, 0.6) is 0 Å². The van der Waals surface area contributed by atoms with Crippen LogP contribution in [-0.4, -0.2) is 46.9 Å². The highest BCUT2D eigenvalue weighted by Crippen LogP contribution is 2.11. The Morgan fingerprint density at radius 3 is 2.74 bits per heavy atom. The number of hydrogen-bond acceptors (Lipinski definition) is 4. The molecule has 0 spiro atoms. The van der Waals surface area contributed by atoms with Gasteiger partial charge in [0, 0.05) is 18.5 Å². The van der Waals surface area contributed by atoms with Crippen LogP contribution in [0.3, 0.4) is 0 Å². The Morgan fingerprint density at radius 1 is 1.30 bits per heavy atom. The topological polar surface area (TPSA) is 116 Å². The lowest BCUT2D eigenvalue weighted by molar-refractivity contribution is -0.137. The fourth-order valence-corrected chi connectivity index (χ4v) is 2.15. The summed E-state index contributed by atoms with van der Waals surface area (Å²) in [5.41, 5.74) is 1.05. The van der Waals surface area contributed by atoms with E-state index in [1.54, 1.807) is 24.3 Å². The second kappa shape index (κ2) is 7.39. The number of amides is 4. The third-order valence-electron chi connectivity index (χ3n) is 3.32. The first-order chi connectivity index (χ1) is 11.0. The molecule has 0 aliphatic carbocycles. The molecule has 3 N–H and O–H groups in total. The third-order valence-corrected chi connectivity index (χ3v) is 3.32. The van der Waals surface area contributed by atoms with Crippen LogP contribution in [0.2, 0.25) is 0 Å². The monoisotopic (exact) mass is 319 g/mol. The number of carbonyl (C=O) groups excluding carboxylic acids is 3. The molecule has 0 unspecified atom stereocenters. The van der Waals surface area contributed by atoms with Crippen molar-refractivity contribution >= 4 is 23.8 Å². The van der Waals surface area contributed by atoms with Gasteiger partial charge in [-0.3, -0.25) is 19.3 Å². The van der Waals surface area contributed by atoms with E-state index in [2.05, 4.69) is 10.6 Å². The molecular formula is C15H17N3O5. The smallest absolute Gasteiger partial charge is 0.324 e. The van der Waals surface area contributed by atoms with Crippen LogP contribution in [0.1, 0.15) is 28.8 Å². The normalized spacial score (nSPS) is 13.8. The number of aliphatic carboxylic acids is 1. The van der Waals surface area contributed by atoms with Crippen LogP contribution in [0.4, 0.5) is 4.79 Å². The summed E-state index contributed by atoms with van der Waals surface area (Å²) >= 11 is 0. The van der Waals surface area contributed by atoms with Gasteiger partial charge < -0.3 is 15.7 Å². The Bertz CT molecular complexity index is 628. The molecule has 1 fully saturated rings. The highest BCUT2D eigenvalue weighted by atomic mass is 16.4. The molecule has 23 heavy (non-hydrogen) atoms. The first-order valence-electron chi connectivity index (χ1n) is 7.14. The summed E-state index contributed by atoms with van der Waals surface area (Å²) < 4.78 is 0. The Hall–Kier alpha value is -2.90. The second-order valence-corrected chi connectivity index (χ2v) is 5.09. The molecule has 1 aliphatic heterocycles. The molecule has 4 amide bonds. The van der Waals surface area contributed by atoms with E-state index in [4.69, 9.17) is 5.11 Å². The molecule has 0 radical (unpaired) electrons. The molecule has 8 nitrogen and oxygen atoms in total. The van der Waals surface area contributed by atoms with Gasteiger partial charge in [-0.15, -0.1) is 0 Å². The summed E-state index contributed by atoms with van der Waals surface area (Å²) in [5.74, 6) is -1.54. The predicted octanol–water partition coefficient (Wildman–Crippen LogP) is 0.333. The number of urea groups is 1. The highest BCUT2D eigenvalue weighted by Gasteiger charge is 2.28. The number of nitrogens with zero attached hydrogens (tertiary/aromatic N) is 1. The SMILES string of the molecule is O=C(O)CCCNC(=O)c1cccc(CN2C(=O)CNC2=O)c1. The van der Waals surface area contributed by atoms with Crippen molar-refractivity contribution in [3.8, 4) is 0 Å². The maximum Gasteiger partial charge on any atom is 0.324 e. The highest BCUT2D eigenvalue weighted by molar-refractivity contribution is 6.02. The molecule has 1 aliphatic rings. The molecule has 122 valence electrons. The summed E-state index contributed by atoms with van der Waals surface area (Å²) in [7, 11) is 0. The van der Waals surface area contributed by atoms with E-state index < -0.39 is 12.0 Å². The molecule has 0 saturated carbocycles. The molecule has 1 aromatic carbocycles. The zero-order valence-electron chi connectivity index (χ0n) is 12.4. The maximum absolute atomic E-state index is 12.0. The maximum atomic E-state index is 12.0. The number of imide groups is 1. The van der Waals surface area contributed by atoms with Crippen LogP contribution in [-0.2, 0) is 16.1 Å². The van der Waals surface area contributed by atoms with E-state index in [1.165, 1.54) is 0 Å². The summed E-state index contributed by atoms with van der Waals surface area (Å²) in [4.78, 5) is 46.5. The minimum Gasteiger partial charge on any atom is -0.481 e. The van der Waals surface area contributed by atoms with Crippen molar-refractivity contribution in [2.75, 3.05) is 13.1 Å². The second-order valence-electron chi connectivity index (χ2n) is 5.09. The number of rotatable bonds is 7. The van der Waals surface area contributed by atoms with Gasteiger partial charge in [0.25, 0.3) is 5.91 Å². The first kappa shape index (κ1) is 16.5. The average Bonchev–Trinajstić information content (AvgIpc) is 2.83. The van der Waals surface area contributed by atoms with Crippen LogP contribution in [0, 0.1) is 0 Å². The summed E-state index contributed by atoms with van der Waals surface area (Å²) in [6.45, 7) is 0.357. The zero-order valence-corrected chi connectivity index (χ0v) is 12.4. The van der Waals surface area contributed by atoms with Gasteiger partial charge in [-0.25, -0.2) is 4.79 Å². The van der Waals surface area contributed by atoms with Crippen molar-refractivity contribution < 1.29 is 24.3 Å². The number of carbonyl (C=O) groups is 4. The quantitative estimate of drug-likeness (QED) is 0.495. The summed E-state index contributed by atoms with van der Waals surface area (Å²) in [6.07, 6.45) is 0.343. The molecular weight excluding hydrogens is 302 g/mol. The Kier molecular flexibility index (Phi) is 5.29. The molecule has 0 atom stereocenters. The number of nitrogens with one attached hydrogen (secondary N) is 2. The van der Waals surface area contributed by atoms with Gasteiger partial charge in [-0.1, -0.05) is 12.1 Å². The van der Waals surface area contributed by atoms with Gasteiger partial charge >= 0.3 is 12.0 Å². The summed E-state index contributed by atoms with van der Waals surface area (Å²) in [6, 6.07) is 6.16. The van der Waals surface area contributed by atoms with Crippen molar-refractivity contribution in [3.63, 3.8) is 0 Å². The Morgan fingerprint density at radius 2 is 2.09 bits per heavy atom. The molecule has 1 heterocycles. The van der Waals surface area contributed by atoms with E-state index in [1.807, 2.05) is 0 Å². The predicted molar refractivity (Wildman–Crippen MR) is 79.6 cm³/mol. The largest absolute Gasteiger partial charge is 0.481 e. The summed E-state index contributed by atoms with van der Waals surface area (Å²) in [5, 5.41) is 13.6. The van der Waals surface area contributed by atoms with E-state index >= 15 is 0 Å². The van der Waals surface area contributed by atoms with Gasteiger partial charge in [0.15, 0.2) is 0 Å². The third kappa shape index (κ3) is 4.53. The number of benzene rings is 1. The van der Waals surface area contributed by atoms with E-state index in [-0.39, 0.29) is 37.9 Å². The van der Waals surface area contributed by atoms with Crippen LogP contribution < -0.4 is 10.6 Å². The lowest BCUT2D eigenvalue weighted by Crippen LogP contribution is -2.30. The Balaban J connectivity index is 1.93. The van der Waals surface area contributed by atoms with Crippen LogP contribution >= 0.6 is 0 Å². The lowest BCUT2D eigenvalue weighted by atomic mass is 10.1. The molecule has 2 rings (SSSR count). The molecule has 0 bridgehead atoms. The van der Waals surface area contributed by atoms with Gasteiger partial charge in [0.2, 0.25) is 5.91 Å². The minimum absolute atomic E-state index is 0.00744. The van der Waals surface area contributed by atoms with Gasteiger partial charge in [-0.2, -0.15) is 0 Å². The lowest BCUT2D eigenvalue weighted by Gasteiger charge is -2.13. The number of carboxylic acids is 1. The Labute approximate surface area is 132 Å². The number of carboxylic acid groups (broad SMARTS) is 1. The van der Waals surface area contributed by atoms with Crippen LogP contribution in [0.15, 0.2) is 24.3 Å². The molecule has 1 saturated heterocycles. The molecule has 0 aromatic heterocycles. The van der Waals surface area contributed by atoms with Gasteiger partial charge in [0.1, 0.15) is 0 Å². The van der Waals surface area contributed by atoms with Crippen molar-refractivity contribution in [2.24, 2.45) is 0 Å². The van der Waals surface area contributed by atoms with E-state index in [0.717, 1.165) is 4.90 Å². The van der Waals surface area contributed by atoms with Crippen molar-refractivity contribution in [1.82, 2.24) is 15.5 Å². The van der Waals surface area contributed by atoms with E-state index in [9.17, 15) is 19.2 Å². The van der Waals surface area contributed by atoms with Crippen molar-refractivity contribution in [2.45, 2.75) is 19.4 Å². The van der Waals surface area contributed by atoms with Crippen molar-refractivity contribution in [1.29, 1.82) is 0 Å². The van der Waals surface area contributed by atoms with Crippen LogP contribution in [0.25, 0.3) is 0 Å². The molecule has 8 heteroatoms. The standard InChI is InChI=1S/C15H17N3O5/c19-12-8-17-15(23)18(12)9-10-3-1-4-11(7-10)14(22)16-6-2-5-13(20)21/h1,3-4,7H,2,5-6,8-9H2,(H,16,22)(H,17,23)(H,20,21). The zero-order chi connectivity index (χ0) is 16.8. The average molecular weight is 319 g/mol. The minimum atomic E-state index is -0.908.